The van der Waals surface area contributed by atoms with Crippen LogP contribution in [0.3, 0.4) is 0 Å². The van der Waals surface area contributed by atoms with Crippen LogP contribution in [0.1, 0.15) is 27.3 Å². The summed E-state index contributed by atoms with van der Waals surface area (Å²) in [5.41, 5.74) is 4.63. The molecular formula is C27H26ClN5O2. The van der Waals surface area contributed by atoms with E-state index < -0.39 is 0 Å². The van der Waals surface area contributed by atoms with Crippen molar-refractivity contribution in [2.45, 2.75) is 19.5 Å². The van der Waals surface area contributed by atoms with E-state index in [1.807, 2.05) is 73.2 Å². The number of para-hydroxylation sites is 1. The highest BCUT2D eigenvalue weighted by atomic mass is 35.5. The number of amides is 1. The maximum Gasteiger partial charge on any atom is 0.255 e. The van der Waals surface area contributed by atoms with Crippen molar-refractivity contribution in [2.24, 2.45) is 0 Å². The number of nitrogens with zero attached hydrogens (tertiary/aromatic N) is 4. The summed E-state index contributed by atoms with van der Waals surface area (Å²) >= 11 is 6.02. The number of ether oxygens (including phenoxy) is 1. The smallest absolute Gasteiger partial charge is 0.255 e. The highest BCUT2D eigenvalue weighted by Gasteiger charge is 2.24. The minimum absolute atomic E-state index is 0.146. The second-order valence-corrected chi connectivity index (χ2v) is 8.83. The van der Waals surface area contributed by atoms with Crippen LogP contribution in [0.2, 0.25) is 5.02 Å². The molecule has 4 aromatic rings. The summed E-state index contributed by atoms with van der Waals surface area (Å²) in [6, 6.07) is 19.3. The van der Waals surface area contributed by atoms with E-state index in [0.29, 0.717) is 44.0 Å². The molecule has 0 spiro atoms. The lowest BCUT2D eigenvalue weighted by Gasteiger charge is -2.32. The van der Waals surface area contributed by atoms with Gasteiger partial charge in [-0.25, -0.2) is 4.98 Å². The van der Waals surface area contributed by atoms with Crippen LogP contribution in [0.25, 0.3) is 0 Å². The Kier molecular flexibility index (Phi) is 6.95. The first-order chi connectivity index (χ1) is 17.2. The van der Waals surface area contributed by atoms with E-state index in [9.17, 15) is 4.79 Å². The summed E-state index contributed by atoms with van der Waals surface area (Å²) < 4.78 is 8.11. The van der Waals surface area contributed by atoms with Crippen molar-refractivity contribution in [3.63, 3.8) is 0 Å². The zero-order valence-corrected chi connectivity index (χ0v) is 20.0. The molecule has 0 saturated carbocycles. The highest BCUT2D eigenvalue weighted by Crippen LogP contribution is 2.35. The van der Waals surface area contributed by atoms with Crippen molar-refractivity contribution >= 4 is 23.2 Å². The first-order valence-electron chi connectivity index (χ1n) is 11.6. The molecule has 0 bridgehead atoms. The fourth-order valence-corrected chi connectivity index (χ4v) is 4.32. The number of rotatable bonds is 8. The predicted octanol–water partition coefficient (Wildman–Crippen LogP) is 4.35. The number of nitrogens with one attached hydrogen (secondary N) is 1. The molecule has 0 aliphatic carbocycles. The predicted molar refractivity (Wildman–Crippen MR) is 136 cm³/mol. The van der Waals surface area contributed by atoms with E-state index in [1.165, 1.54) is 0 Å². The quantitative estimate of drug-likeness (QED) is 0.400. The molecule has 1 aliphatic heterocycles. The molecular weight excluding hydrogens is 462 g/mol. The van der Waals surface area contributed by atoms with Gasteiger partial charge >= 0.3 is 0 Å². The lowest BCUT2D eigenvalue weighted by atomic mass is 10.1. The van der Waals surface area contributed by atoms with Crippen LogP contribution in [0, 0.1) is 0 Å². The van der Waals surface area contributed by atoms with E-state index in [-0.39, 0.29) is 5.91 Å². The molecule has 2 aromatic heterocycles. The molecule has 0 unspecified atom stereocenters. The fourth-order valence-electron chi connectivity index (χ4n) is 4.20. The normalized spacial score (nSPS) is 12.7. The molecule has 3 heterocycles. The summed E-state index contributed by atoms with van der Waals surface area (Å²) in [6.07, 6.45) is 6.16. The molecule has 1 amide bonds. The van der Waals surface area contributed by atoms with Crippen molar-refractivity contribution < 1.29 is 9.53 Å². The molecule has 178 valence electrons. The monoisotopic (exact) mass is 487 g/mol. The second kappa shape index (κ2) is 10.6. The van der Waals surface area contributed by atoms with Crippen molar-refractivity contribution in [1.82, 2.24) is 19.9 Å². The Morgan fingerprint density at radius 3 is 2.77 bits per heavy atom. The maximum atomic E-state index is 13.0. The Morgan fingerprint density at radius 2 is 1.94 bits per heavy atom. The van der Waals surface area contributed by atoms with Gasteiger partial charge in [0.1, 0.15) is 6.61 Å². The molecule has 0 saturated heterocycles. The number of carbonyl (C=O) groups is 1. The Bertz CT molecular complexity index is 1290. The number of aromatic nitrogens is 3. The van der Waals surface area contributed by atoms with Crippen molar-refractivity contribution in [3.05, 3.63) is 107 Å². The van der Waals surface area contributed by atoms with Crippen LogP contribution in [0.4, 0.5) is 5.69 Å². The molecule has 8 heteroatoms. The van der Waals surface area contributed by atoms with Crippen molar-refractivity contribution in [2.75, 3.05) is 24.6 Å². The van der Waals surface area contributed by atoms with Gasteiger partial charge in [0.2, 0.25) is 0 Å². The zero-order valence-electron chi connectivity index (χ0n) is 19.2. The molecule has 35 heavy (non-hydrogen) atoms. The van der Waals surface area contributed by atoms with E-state index in [2.05, 4.69) is 24.8 Å². The highest BCUT2D eigenvalue weighted by molar-refractivity contribution is 6.30. The van der Waals surface area contributed by atoms with Gasteiger partial charge in [-0.05, 0) is 42.0 Å². The first-order valence-corrected chi connectivity index (χ1v) is 12.0. The van der Waals surface area contributed by atoms with E-state index in [1.54, 1.807) is 6.20 Å². The van der Waals surface area contributed by atoms with Gasteiger partial charge in [0.25, 0.3) is 5.91 Å². The number of anilines is 1. The second-order valence-electron chi connectivity index (χ2n) is 8.39. The van der Waals surface area contributed by atoms with Gasteiger partial charge in [-0.1, -0.05) is 35.9 Å². The first kappa shape index (κ1) is 22.9. The van der Waals surface area contributed by atoms with Crippen LogP contribution < -0.4 is 15.0 Å². The summed E-state index contributed by atoms with van der Waals surface area (Å²) in [4.78, 5) is 23.9. The average molecular weight is 488 g/mol. The molecule has 0 fully saturated rings. The molecule has 2 aromatic carbocycles. The van der Waals surface area contributed by atoms with Crippen LogP contribution in [0.15, 0.2) is 79.4 Å². The third-order valence-corrected chi connectivity index (χ3v) is 6.25. The molecule has 1 aliphatic rings. The average Bonchev–Trinajstić information content (AvgIpc) is 3.32. The number of benzene rings is 2. The van der Waals surface area contributed by atoms with Gasteiger partial charge in [-0.2, -0.15) is 0 Å². The van der Waals surface area contributed by atoms with Gasteiger partial charge in [-0.3, -0.25) is 9.78 Å². The fraction of sp³-hybridized carbons (Fsp3) is 0.222. The Balaban J connectivity index is 1.28. The van der Waals surface area contributed by atoms with Crippen LogP contribution in [-0.2, 0) is 19.5 Å². The Labute approximate surface area is 209 Å². The Morgan fingerprint density at radius 1 is 1.06 bits per heavy atom. The van der Waals surface area contributed by atoms with Crippen LogP contribution in [-0.4, -0.2) is 40.1 Å². The topological polar surface area (TPSA) is 72.3 Å². The zero-order chi connectivity index (χ0) is 24.0. The number of fused-ring (bicyclic) bond motifs is 1. The number of imidazole rings is 1. The minimum atomic E-state index is -0.146. The molecule has 7 nitrogen and oxygen atoms in total. The molecule has 5 rings (SSSR count). The summed E-state index contributed by atoms with van der Waals surface area (Å²) in [5.74, 6) is 0.477. The van der Waals surface area contributed by atoms with E-state index in [0.717, 1.165) is 34.2 Å². The molecule has 1 N–H and O–H groups in total. The number of carbonyl (C=O) groups excluding carboxylic acids is 1. The van der Waals surface area contributed by atoms with Crippen LogP contribution in [0.5, 0.6) is 5.75 Å². The third kappa shape index (κ3) is 5.46. The summed E-state index contributed by atoms with van der Waals surface area (Å²) in [6.45, 7) is 3.12. The van der Waals surface area contributed by atoms with Gasteiger partial charge in [0, 0.05) is 42.6 Å². The van der Waals surface area contributed by atoms with Gasteiger partial charge in [0.05, 0.1) is 36.4 Å². The standard InChI is InChI=1S/C27H26ClN5O2/c28-21-9-7-20(8-10-21)17-33-19-29-16-23(33)18-32-14-15-35-26-24(5-3-6-25(26)32)27(34)31-13-11-22-4-1-2-12-30-22/h1-10,12,16,19H,11,13-15,17-18H2,(H,31,34). The number of halogens is 1. The Hall–Kier alpha value is -3.84. The lowest BCUT2D eigenvalue weighted by Crippen LogP contribution is -2.34. The van der Waals surface area contributed by atoms with Gasteiger partial charge < -0.3 is 19.5 Å². The largest absolute Gasteiger partial charge is 0.489 e. The number of hydrogen-bond donors (Lipinski definition) is 1. The number of pyridine rings is 1. The molecule has 0 atom stereocenters. The van der Waals surface area contributed by atoms with Crippen molar-refractivity contribution in [1.29, 1.82) is 0 Å². The summed E-state index contributed by atoms with van der Waals surface area (Å²) in [5, 5.41) is 3.72. The van der Waals surface area contributed by atoms with Crippen LogP contribution >= 0.6 is 11.6 Å². The minimum Gasteiger partial charge on any atom is -0.489 e. The maximum absolute atomic E-state index is 13.0. The lowest BCUT2D eigenvalue weighted by molar-refractivity contribution is 0.0949. The number of hydrogen-bond acceptors (Lipinski definition) is 5. The van der Waals surface area contributed by atoms with Gasteiger partial charge in [0.15, 0.2) is 5.75 Å². The van der Waals surface area contributed by atoms with E-state index >= 15 is 0 Å². The van der Waals surface area contributed by atoms with Crippen molar-refractivity contribution in [3.8, 4) is 5.75 Å². The SMILES string of the molecule is O=C(NCCc1ccccn1)c1cccc2c1OCCN2Cc1cncn1Cc1ccc(Cl)cc1. The summed E-state index contributed by atoms with van der Waals surface area (Å²) in [7, 11) is 0. The van der Waals surface area contributed by atoms with E-state index in [4.69, 9.17) is 16.3 Å². The third-order valence-electron chi connectivity index (χ3n) is 6.00. The molecule has 0 radical (unpaired) electrons. The van der Waals surface area contributed by atoms with Gasteiger partial charge in [-0.15, -0.1) is 0 Å².